The Morgan fingerprint density at radius 1 is 1.22 bits per heavy atom. The van der Waals surface area contributed by atoms with Gasteiger partial charge in [-0.15, -0.1) is 0 Å². The zero-order chi connectivity index (χ0) is 13.5. The molecule has 2 aliphatic rings. The van der Waals surface area contributed by atoms with Gasteiger partial charge < -0.3 is 10.4 Å². The van der Waals surface area contributed by atoms with Gasteiger partial charge in [0, 0.05) is 6.54 Å². The minimum absolute atomic E-state index is 0.0157. The lowest BCUT2D eigenvalue weighted by atomic mass is 9.82. The Morgan fingerprint density at radius 3 is 2.28 bits per heavy atom. The number of hydrogen-bond donors (Lipinski definition) is 2. The molecule has 0 aromatic carbocycles. The van der Waals surface area contributed by atoms with Gasteiger partial charge in [-0.1, -0.05) is 32.9 Å². The van der Waals surface area contributed by atoms with Crippen LogP contribution in [0.25, 0.3) is 0 Å². The molecule has 0 spiro atoms. The van der Waals surface area contributed by atoms with Crippen molar-refractivity contribution in [3.8, 4) is 0 Å². The zero-order valence-corrected chi connectivity index (χ0v) is 11.1. The van der Waals surface area contributed by atoms with E-state index in [0.717, 1.165) is 6.42 Å². The summed E-state index contributed by atoms with van der Waals surface area (Å²) in [5, 5.41) is 12.2. The normalized spacial score (nSPS) is 33.7. The summed E-state index contributed by atoms with van der Waals surface area (Å²) in [4.78, 5) is 23.5. The lowest BCUT2D eigenvalue weighted by molar-refractivity contribution is -0.147. The number of carboxylic acid groups (broad SMARTS) is 1. The van der Waals surface area contributed by atoms with Gasteiger partial charge in [0.05, 0.1) is 11.8 Å². The van der Waals surface area contributed by atoms with Crippen LogP contribution in [0, 0.1) is 29.1 Å². The maximum Gasteiger partial charge on any atom is 0.307 e. The summed E-state index contributed by atoms with van der Waals surface area (Å²) in [6.45, 7) is 6.71. The number of carboxylic acids is 1. The third kappa shape index (κ3) is 2.42. The SMILES string of the molecule is CC(C)(C)CNC(=O)C1C2C=CC(C2)C1C(=O)O. The molecule has 1 saturated carbocycles. The highest BCUT2D eigenvalue weighted by molar-refractivity contribution is 5.86. The molecule has 4 atom stereocenters. The minimum atomic E-state index is -0.845. The molecule has 2 aliphatic carbocycles. The van der Waals surface area contributed by atoms with Crippen molar-refractivity contribution >= 4 is 11.9 Å². The Bertz CT molecular complexity index is 394. The summed E-state index contributed by atoms with van der Waals surface area (Å²) in [7, 11) is 0. The summed E-state index contributed by atoms with van der Waals surface area (Å²) in [6.07, 6.45) is 4.77. The van der Waals surface area contributed by atoms with Gasteiger partial charge >= 0.3 is 5.97 Å². The highest BCUT2D eigenvalue weighted by Crippen LogP contribution is 2.48. The number of hydrogen-bond acceptors (Lipinski definition) is 2. The maximum atomic E-state index is 12.2. The fourth-order valence-corrected chi connectivity index (χ4v) is 2.99. The van der Waals surface area contributed by atoms with E-state index in [-0.39, 0.29) is 29.1 Å². The third-order valence-electron chi connectivity index (χ3n) is 3.84. The second-order valence-corrected chi connectivity index (χ2v) is 6.62. The average molecular weight is 251 g/mol. The number of amides is 1. The van der Waals surface area contributed by atoms with E-state index in [1.165, 1.54) is 0 Å². The molecule has 2 N–H and O–H groups in total. The molecule has 0 saturated heterocycles. The lowest BCUT2D eigenvalue weighted by Crippen LogP contribution is -2.42. The quantitative estimate of drug-likeness (QED) is 0.750. The fraction of sp³-hybridized carbons (Fsp3) is 0.714. The van der Waals surface area contributed by atoms with Crippen LogP contribution < -0.4 is 5.32 Å². The lowest BCUT2D eigenvalue weighted by Gasteiger charge is -2.26. The smallest absolute Gasteiger partial charge is 0.307 e. The Labute approximate surface area is 107 Å². The van der Waals surface area contributed by atoms with Crippen LogP contribution in [0.4, 0.5) is 0 Å². The predicted molar refractivity (Wildman–Crippen MR) is 67.8 cm³/mol. The highest BCUT2D eigenvalue weighted by atomic mass is 16.4. The molecule has 1 amide bonds. The Morgan fingerprint density at radius 2 is 1.78 bits per heavy atom. The van der Waals surface area contributed by atoms with Crippen molar-refractivity contribution < 1.29 is 14.7 Å². The summed E-state index contributed by atoms with van der Waals surface area (Å²) >= 11 is 0. The van der Waals surface area contributed by atoms with Gasteiger partial charge in [-0.25, -0.2) is 0 Å². The predicted octanol–water partition coefficient (Wildman–Crippen LogP) is 1.67. The Hall–Kier alpha value is -1.32. The first kappa shape index (κ1) is 13.1. The first-order valence-electron chi connectivity index (χ1n) is 6.48. The number of allylic oxidation sites excluding steroid dienone is 2. The van der Waals surface area contributed by atoms with Crippen molar-refractivity contribution in [3.63, 3.8) is 0 Å². The van der Waals surface area contributed by atoms with E-state index >= 15 is 0 Å². The summed E-state index contributed by atoms with van der Waals surface area (Å²) < 4.78 is 0. The number of carbonyl (C=O) groups is 2. The van der Waals surface area contributed by atoms with Gasteiger partial charge in [-0.05, 0) is 23.7 Å². The maximum absolute atomic E-state index is 12.2. The van der Waals surface area contributed by atoms with E-state index in [4.69, 9.17) is 0 Å². The van der Waals surface area contributed by atoms with Crippen molar-refractivity contribution in [2.75, 3.05) is 6.54 Å². The number of nitrogens with one attached hydrogen (secondary N) is 1. The molecule has 0 aromatic heterocycles. The van der Waals surface area contributed by atoms with Crippen LogP contribution in [0.15, 0.2) is 12.2 Å². The molecule has 100 valence electrons. The molecule has 0 radical (unpaired) electrons. The van der Waals surface area contributed by atoms with E-state index in [9.17, 15) is 14.7 Å². The van der Waals surface area contributed by atoms with Gasteiger partial charge in [0.2, 0.25) is 5.91 Å². The second-order valence-electron chi connectivity index (χ2n) is 6.62. The van der Waals surface area contributed by atoms with Crippen LogP contribution in [0.2, 0.25) is 0 Å². The molecular weight excluding hydrogens is 230 g/mol. The van der Waals surface area contributed by atoms with Crippen molar-refractivity contribution in [2.45, 2.75) is 27.2 Å². The number of fused-ring (bicyclic) bond motifs is 2. The standard InChI is InChI=1S/C14H21NO3/c1-14(2,3)7-15-12(16)10-8-4-5-9(6-8)11(10)13(17)18/h4-5,8-11H,6-7H2,1-3H3,(H,15,16)(H,17,18). The minimum Gasteiger partial charge on any atom is -0.481 e. The topological polar surface area (TPSA) is 66.4 Å². The van der Waals surface area contributed by atoms with Crippen LogP contribution >= 0.6 is 0 Å². The average Bonchev–Trinajstić information content (AvgIpc) is 2.83. The number of rotatable bonds is 3. The Balaban J connectivity index is 2.05. The van der Waals surface area contributed by atoms with Crippen LogP contribution in [0.3, 0.4) is 0 Å². The van der Waals surface area contributed by atoms with Crippen molar-refractivity contribution in [1.29, 1.82) is 0 Å². The van der Waals surface area contributed by atoms with Crippen LogP contribution in [-0.4, -0.2) is 23.5 Å². The van der Waals surface area contributed by atoms with E-state index in [0.29, 0.717) is 6.54 Å². The molecule has 2 bridgehead atoms. The third-order valence-corrected chi connectivity index (χ3v) is 3.84. The van der Waals surface area contributed by atoms with Crippen molar-refractivity contribution in [1.82, 2.24) is 5.32 Å². The van der Waals surface area contributed by atoms with Crippen LogP contribution in [0.1, 0.15) is 27.2 Å². The van der Waals surface area contributed by atoms with Crippen LogP contribution in [-0.2, 0) is 9.59 Å². The van der Waals surface area contributed by atoms with Gasteiger partial charge in [-0.2, -0.15) is 0 Å². The van der Waals surface area contributed by atoms with Gasteiger partial charge in [0.25, 0.3) is 0 Å². The Kier molecular flexibility index (Phi) is 3.21. The first-order chi connectivity index (χ1) is 8.29. The summed E-state index contributed by atoms with van der Waals surface area (Å²) in [5.74, 6) is -1.73. The molecular formula is C14H21NO3. The summed E-state index contributed by atoms with van der Waals surface area (Å²) in [5.41, 5.74) is 0.0157. The second kappa shape index (κ2) is 4.41. The molecule has 18 heavy (non-hydrogen) atoms. The van der Waals surface area contributed by atoms with E-state index in [1.807, 2.05) is 32.9 Å². The molecule has 0 heterocycles. The zero-order valence-electron chi connectivity index (χ0n) is 11.1. The molecule has 1 fully saturated rings. The van der Waals surface area contributed by atoms with E-state index in [1.54, 1.807) is 0 Å². The molecule has 0 aromatic rings. The highest BCUT2D eigenvalue weighted by Gasteiger charge is 2.51. The largest absolute Gasteiger partial charge is 0.481 e. The van der Waals surface area contributed by atoms with E-state index in [2.05, 4.69) is 5.32 Å². The first-order valence-corrected chi connectivity index (χ1v) is 6.48. The molecule has 4 heteroatoms. The van der Waals surface area contributed by atoms with Crippen LogP contribution in [0.5, 0.6) is 0 Å². The van der Waals surface area contributed by atoms with Gasteiger partial charge in [-0.3, -0.25) is 9.59 Å². The summed E-state index contributed by atoms with van der Waals surface area (Å²) in [6, 6.07) is 0. The monoisotopic (exact) mass is 251 g/mol. The fourth-order valence-electron chi connectivity index (χ4n) is 2.99. The van der Waals surface area contributed by atoms with Gasteiger partial charge in [0.1, 0.15) is 0 Å². The molecule has 4 nitrogen and oxygen atoms in total. The van der Waals surface area contributed by atoms with Gasteiger partial charge in [0.15, 0.2) is 0 Å². The molecule has 2 rings (SSSR count). The molecule has 4 unspecified atom stereocenters. The van der Waals surface area contributed by atoms with Crippen molar-refractivity contribution in [2.24, 2.45) is 29.1 Å². The number of carbonyl (C=O) groups excluding carboxylic acids is 1. The van der Waals surface area contributed by atoms with Crippen molar-refractivity contribution in [3.05, 3.63) is 12.2 Å². The van der Waals surface area contributed by atoms with E-state index < -0.39 is 11.9 Å². The number of aliphatic carboxylic acids is 1. The molecule has 0 aliphatic heterocycles.